The molecule has 8 aromatic carbocycles. The molecule has 0 atom stereocenters. The number of nitrogens with zero attached hydrogens (tertiary/aromatic N) is 1. The molecule has 1 heterocycles. The first-order chi connectivity index (χ1) is 24.8. The molecule has 50 heavy (non-hydrogen) atoms. The van der Waals surface area contributed by atoms with Crippen molar-refractivity contribution in [3.63, 3.8) is 0 Å². The van der Waals surface area contributed by atoms with Gasteiger partial charge in [0.15, 0.2) is 0 Å². The zero-order chi connectivity index (χ0) is 33.3. The van der Waals surface area contributed by atoms with Gasteiger partial charge < -0.3 is 0 Å². The third-order valence-electron chi connectivity index (χ3n) is 9.74. The van der Waals surface area contributed by atoms with E-state index in [1.54, 1.807) is 0 Å². The fourth-order valence-electron chi connectivity index (χ4n) is 7.45. The van der Waals surface area contributed by atoms with Crippen LogP contribution in [0.4, 0.5) is 0 Å². The highest BCUT2D eigenvalue weighted by Gasteiger charge is 2.18. The molecule has 0 fully saturated rings. The van der Waals surface area contributed by atoms with Crippen molar-refractivity contribution in [2.45, 2.75) is 0 Å². The summed E-state index contributed by atoms with van der Waals surface area (Å²) >= 11 is 0. The lowest BCUT2D eigenvalue weighted by Crippen LogP contribution is -1.94. The van der Waals surface area contributed by atoms with E-state index in [4.69, 9.17) is 4.98 Å². The minimum absolute atomic E-state index is 0.984. The largest absolute Gasteiger partial charge is 0.256 e. The molecular formula is C49H33N. The van der Waals surface area contributed by atoms with Crippen molar-refractivity contribution in [1.82, 2.24) is 4.98 Å². The van der Waals surface area contributed by atoms with E-state index in [-0.39, 0.29) is 0 Å². The van der Waals surface area contributed by atoms with Crippen LogP contribution in [0.2, 0.25) is 0 Å². The molecule has 234 valence electrons. The van der Waals surface area contributed by atoms with E-state index in [1.165, 1.54) is 66.1 Å². The molecule has 0 amide bonds. The van der Waals surface area contributed by atoms with Crippen molar-refractivity contribution in [3.8, 4) is 66.9 Å². The lowest BCUT2D eigenvalue weighted by Gasteiger charge is -2.19. The molecule has 9 aromatic rings. The number of hydrogen-bond donors (Lipinski definition) is 0. The molecule has 0 N–H and O–H groups in total. The molecule has 1 nitrogen and oxygen atoms in total. The molecule has 0 saturated carbocycles. The maximum absolute atomic E-state index is 4.92. The highest BCUT2D eigenvalue weighted by molar-refractivity contribution is 6.22. The number of fused-ring (bicyclic) bond motifs is 2. The van der Waals surface area contributed by atoms with Crippen LogP contribution in [0, 0.1) is 0 Å². The summed E-state index contributed by atoms with van der Waals surface area (Å²) in [5.74, 6) is 0. The molecule has 0 unspecified atom stereocenters. The quantitative estimate of drug-likeness (QED) is 0.166. The number of pyridine rings is 1. The molecule has 0 aliphatic carbocycles. The Morgan fingerprint density at radius 1 is 0.260 bits per heavy atom. The minimum atomic E-state index is 0.984. The summed E-state index contributed by atoms with van der Waals surface area (Å²) in [5.41, 5.74) is 14.1. The van der Waals surface area contributed by atoms with Gasteiger partial charge in [-0.05, 0) is 83.7 Å². The summed E-state index contributed by atoms with van der Waals surface area (Å²) < 4.78 is 0. The lowest BCUT2D eigenvalue weighted by molar-refractivity contribution is 1.32. The van der Waals surface area contributed by atoms with Crippen molar-refractivity contribution in [2.75, 3.05) is 0 Å². The first kappa shape index (κ1) is 29.6. The molecular weight excluding hydrogens is 603 g/mol. The Bertz CT molecular complexity index is 2530. The molecule has 9 rings (SSSR count). The molecule has 0 bridgehead atoms. The number of benzene rings is 8. The Morgan fingerprint density at radius 2 is 0.680 bits per heavy atom. The van der Waals surface area contributed by atoms with Gasteiger partial charge in [-0.25, -0.2) is 0 Å². The van der Waals surface area contributed by atoms with E-state index in [0.29, 0.717) is 0 Å². The highest BCUT2D eigenvalue weighted by atomic mass is 14.7. The van der Waals surface area contributed by atoms with Crippen molar-refractivity contribution in [1.29, 1.82) is 0 Å². The molecule has 0 spiro atoms. The summed E-state index contributed by atoms with van der Waals surface area (Å²) in [7, 11) is 0. The molecule has 0 saturated heterocycles. The number of hydrogen-bond acceptors (Lipinski definition) is 1. The fourth-order valence-corrected chi connectivity index (χ4v) is 7.45. The molecule has 0 aliphatic heterocycles. The summed E-state index contributed by atoms with van der Waals surface area (Å²) in [5, 5.41) is 5.03. The second-order valence-corrected chi connectivity index (χ2v) is 12.7. The zero-order valence-corrected chi connectivity index (χ0v) is 27.5. The minimum Gasteiger partial charge on any atom is -0.256 e. The summed E-state index contributed by atoms with van der Waals surface area (Å²) in [6.07, 6.45) is 1.93. The van der Waals surface area contributed by atoms with Crippen LogP contribution in [0.25, 0.3) is 88.4 Å². The number of rotatable bonds is 6. The Morgan fingerprint density at radius 3 is 1.26 bits per heavy atom. The van der Waals surface area contributed by atoms with Gasteiger partial charge in [-0.2, -0.15) is 0 Å². The van der Waals surface area contributed by atoms with E-state index < -0.39 is 0 Å². The van der Waals surface area contributed by atoms with Crippen LogP contribution >= 0.6 is 0 Å². The van der Waals surface area contributed by atoms with E-state index in [1.807, 2.05) is 6.20 Å². The Kier molecular flexibility index (Phi) is 7.57. The van der Waals surface area contributed by atoms with Crippen molar-refractivity contribution in [3.05, 3.63) is 200 Å². The van der Waals surface area contributed by atoms with Crippen LogP contribution < -0.4 is 0 Å². The van der Waals surface area contributed by atoms with Crippen LogP contribution in [0.5, 0.6) is 0 Å². The first-order valence-corrected chi connectivity index (χ1v) is 17.1. The van der Waals surface area contributed by atoms with Crippen molar-refractivity contribution >= 4 is 21.5 Å². The normalized spacial score (nSPS) is 11.2. The van der Waals surface area contributed by atoms with E-state index in [9.17, 15) is 0 Å². The maximum atomic E-state index is 4.92. The standard InChI is InChI=1S/C49H33N/c1-5-15-35(16-6-1)41-31-32-50-49(39-21-11-4-12-22-39)48(41)38-27-25-34(26-28-38)40-29-30-44-45(33-40)47(37-19-9-3-10-20-37)43-24-14-13-23-42(43)46(44)36-17-7-2-8-18-36/h1-33H. The smallest absolute Gasteiger partial charge is 0.0786 e. The third-order valence-corrected chi connectivity index (χ3v) is 9.74. The maximum Gasteiger partial charge on any atom is 0.0786 e. The average molecular weight is 636 g/mol. The van der Waals surface area contributed by atoms with Crippen LogP contribution in [-0.4, -0.2) is 4.98 Å². The monoisotopic (exact) mass is 635 g/mol. The SMILES string of the molecule is c1ccc(-c2ccnc(-c3ccccc3)c2-c2ccc(-c3ccc4c(-c5ccccc5)c5ccccc5c(-c5ccccc5)c4c3)cc2)cc1. The van der Waals surface area contributed by atoms with Crippen LogP contribution in [0.15, 0.2) is 200 Å². The second kappa shape index (κ2) is 12.8. The van der Waals surface area contributed by atoms with Crippen molar-refractivity contribution < 1.29 is 0 Å². The van der Waals surface area contributed by atoms with Crippen molar-refractivity contribution in [2.24, 2.45) is 0 Å². The van der Waals surface area contributed by atoms with Crippen LogP contribution in [0.1, 0.15) is 0 Å². The van der Waals surface area contributed by atoms with Gasteiger partial charge in [-0.3, -0.25) is 4.98 Å². The summed E-state index contributed by atoms with van der Waals surface area (Å²) in [4.78, 5) is 4.92. The number of aromatic nitrogens is 1. The topological polar surface area (TPSA) is 12.9 Å². The van der Waals surface area contributed by atoms with Gasteiger partial charge in [-0.15, -0.1) is 0 Å². The Hall–Kier alpha value is -6.57. The summed E-state index contributed by atoms with van der Waals surface area (Å²) in [6.45, 7) is 0. The van der Waals surface area contributed by atoms with Gasteiger partial charge >= 0.3 is 0 Å². The molecule has 1 aromatic heterocycles. The highest BCUT2D eigenvalue weighted by Crippen LogP contribution is 2.45. The van der Waals surface area contributed by atoms with Gasteiger partial charge in [0.05, 0.1) is 5.69 Å². The Labute approximate surface area is 292 Å². The molecule has 0 aliphatic rings. The van der Waals surface area contributed by atoms with Gasteiger partial charge in [0, 0.05) is 17.3 Å². The lowest BCUT2D eigenvalue weighted by atomic mass is 9.84. The second-order valence-electron chi connectivity index (χ2n) is 12.7. The van der Waals surface area contributed by atoms with Gasteiger partial charge in [0.25, 0.3) is 0 Å². The zero-order valence-electron chi connectivity index (χ0n) is 27.5. The Balaban J connectivity index is 1.24. The fraction of sp³-hybridized carbons (Fsp3) is 0. The van der Waals surface area contributed by atoms with Crippen LogP contribution in [0.3, 0.4) is 0 Å². The predicted octanol–water partition coefficient (Wildman–Crippen LogP) is 13.4. The van der Waals surface area contributed by atoms with E-state index in [2.05, 4.69) is 194 Å². The average Bonchev–Trinajstić information content (AvgIpc) is 3.21. The van der Waals surface area contributed by atoms with E-state index >= 15 is 0 Å². The first-order valence-electron chi connectivity index (χ1n) is 17.1. The third kappa shape index (κ3) is 5.26. The van der Waals surface area contributed by atoms with Crippen LogP contribution in [-0.2, 0) is 0 Å². The van der Waals surface area contributed by atoms with Gasteiger partial charge in [-0.1, -0.05) is 182 Å². The summed E-state index contributed by atoms with van der Waals surface area (Å²) in [6, 6.07) is 69.7. The van der Waals surface area contributed by atoms with E-state index in [0.717, 1.165) is 22.4 Å². The molecule has 0 radical (unpaired) electrons. The molecule has 1 heteroatoms. The van der Waals surface area contributed by atoms with Gasteiger partial charge in [0.1, 0.15) is 0 Å². The predicted molar refractivity (Wildman–Crippen MR) is 212 cm³/mol. The van der Waals surface area contributed by atoms with Gasteiger partial charge in [0.2, 0.25) is 0 Å².